The van der Waals surface area contributed by atoms with Crippen molar-refractivity contribution in [1.82, 2.24) is 9.21 Å². The second-order valence-electron chi connectivity index (χ2n) is 8.05. The highest BCUT2D eigenvalue weighted by atomic mass is 32.2. The number of anilines is 1. The first-order valence-electron chi connectivity index (χ1n) is 10.3. The number of benzene rings is 2. The molecule has 3 N–H and O–H groups in total. The Balaban J connectivity index is 1.66. The van der Waals surface area contributed by atoms with Gasteiger partial charge < -0.3 is 20.5 Å². The molecule has 2 heterocycles. The van der Waals surface area contributed by atoms with Crippen LogP contribution in [0.3, 0.4) is 0 Å². The summed E-state index contributed by atoms with van der Waals surface area (Å²) in [6, 6.07) is 10.7. The summed E-state index contributed by atoms with van der Waals surface area (Å²) in [5.41, 5.74) is 6.65. The van der Waals surface area contributed by atoms with Gasteiger partial charge in [-0.1, -0.05) is 12.1 Å². The molecule has 2 aromatic rings. The summed E-state index contributed by atoms with van der Waals surface area (Å²) in [6.45, 7) is 0.522. The van der Waals surface area contributed by atoms with Gasteiger partial charge in [0.1, 0.15) is 11.8 Å². The van der Waals surface area contributed by atoms with Crippen molar-refractivity contribution in [3.63, 3.8) is 0 Å². The number of para-hydroxylation sites is 1. The number of carboxylic acid groups (broad SMARTS) is 1. The van der Waals surface area contributed by atoms with E-state index >= 15 is 0 Å². The number of carbonyl (C=O) groups excluding carboxylic acids is 1. The monoisotopic (exact) mass is 459 g/mol. The van der Waals surface area contributed by atoms with Gasteiger partial charge in [-0.15, -0.1) is 0 Å². The van der Waals surface area contributed by atoms with Gasteiger partial charge in [0.15, 0.2) is 0 Å². The van der Waals surface area contributed by atoms with Crippen LogP contribution in [0.5, 0.6) is 5.75 Å². The van der Waals surface area contributed by atoms with Crippen molar-refractivity contribution in [2.45, 2.75) is 29.8 Å². The fourth-order valence-corrected chi connectivity index (χ4v) is 6.47. The second kappa shape index (κ2) is 8.44. The number of carbonyl (C=O) groups is 2. The first kappa shape index (κ1) is 22.1. The number of fused-ring (bicyclic) bond motifs is 1. The maximum Gasteiger partial charge on any atom is 0.322 e. The van der Waals surface area contributed by atoms with Crippen molar-refractivity contribution in [1.29, 1.82) is 0 Å². The minimum absolute atomic E-state index is 0.0130. The number of likely N-dealkylation sites (tertiary alicyclic amines) is 1. The third-order valence-electron chi connectivity index (χ3n) is 6.28. The summed E-state index contributed by atoms with van der Waals surface area (Å²) in [4.78, 5) is 26.6. The predicted molar refractivity (Wildman–Crippen MR) is 117 cm³/mol. The van der Waals surface area contributed by atoms with Crippen LogP contribution in [0.2, 0.25) is 0 Å². The molecular formula is C22H25N3O6S. The highest BCUT2D eigenvalue weighted by molar-refractivity contribution is 7.89. The Labute approximate surface area is 186 Å². The van der Waals surface area contributed by atoms with E-state index in [0.29, 0.717) is 30.0 Å². The quantitative estimate of drug-likeness (QED) is 0.650. The molecule has 9 nitrogen and oxygen atoms in total. The molecule has 0 aliphatic carbocycles. The van der Waals surface area contributed by atoms with Crippen molar-refractivity contribution in [3.05, 3.63) is 54.1 Å². The van der Waals surface area contributed by atoms with E-state index in [1.165, 1.54) is 31.4 Å². The summed E-state index contributed by atoms with van der Waals surface area (Å²) in [5, 5.41) is 9.79. The van der Waals surface area contributed by atoms with Crippen LogP contribution in [0.1, 0.15) is 23.2 Å². The van der Waals surface area contributed by atoms with E-state index in [2.05, 4.69) is 0 Å². The van der Waals surface area contributed by atoms with Crippen LogP contribution >= 0.6 is 0 Å². The van der Waals surface area contributed by atoms with Crippen molar-refractivity contribution >= 4 is 27.6 Å². The molecule has 10 heteroatoms. The average Bonchev–Trinajstić information content (AvgIpc) is 3.19. The van der Waals surface area contributed by atoms with Gasteiger partial charge in [0.2, 0.25) is 10.0 Å². The number of sulfonamides is 1. The van der Waals surface area contributed by atoms with Gasteiger partial charge in [0, 0.05) is 24.8 Å². The summed E-state index contributed by atoms with van der Waals surface area (Å²) < 4.78 is 33.2. The fourth-order valence-electron chi connectivity index (χ4n) is 4.64. The Bertz CT molecular complexity index is 1130. The van der Waals surface area contributed by atoms with Crippen LogP contribution in [0.15, 0.2) is 53.4 Å². The number of nitrogens with two attached hydrogens (primary N) is 1. The van der Waals surface area contributed by atoms with Gasteiger partial charge >= 0.3 is 5.97 Å². The van der Waals surface area contributed by atoms with Gasteiger partial charge in [-0.2, -0.15) is 4.31 Å². The molecule has 170 valence electrons. The van der Waals surface area contributed by atoms with Crippen LogP contribution in [0.4, 0.5) is 5.69 Å². The van der Waals surface area contributed by atoms with Crippen molar-refractivity contribution in [2.75, 3.05) is 25.9 Å². The molecule has 0 spiro atoms. The van der Waals surface area contributed by atoms with Gasteiger partial charge in [0.05, 0.1) is 17.6 Å². The van der Waals surface area contributed by atoms with Crippen LogP contribution in [0, 0.1) is 5.92 Å². The summed E-state index contributed by atoms with van der Waals surface area (Å²) in [5.74, 6) is -1.14. The van der Waals surface area contributed by atoms with Crippen LogP contribution in [-0.2, 0) is 14.8 Å². The van der Waals surface area contributed by atoms with E-state index in [1.807, 2.05) is 0 Å². The topological polar surface area (TPSA) is 130 Å². The normalized spacial score (nSPS) is 23.5. The third-order valence-corrected chi connectivity index (χ3v) is 8.23. The third kappa shape index (κ3) is 3.80. The lowest BCUT2D eigenvalue weighted by Gasteiger charge is -2.38. The molecule has 0 saturated carbocycles. The molecule has 2 aliphatic rings. The maximum absolute atomic E-state index is 13.5. The molecule has 32 heavy (non-hydrogen) atoms. The molecule has 1 amide bonds. The minimum Gasteiger partial charge on any atom is -0.497 e. The summed E-state index contributed by atoms with van der Waals surface area (Å²) in [7, 11) is -2.64. The van der Waals surface area contributed by atoms with Gasteiger partial charge in [0.25, 0.3) is 5.91 Å². The number of aliphatic carboxylic acids is 1. The summed E-state index contributed by atoms with van der Waals surface area (Å²) in [6.07, 6.45) is 0.729. The van der Waals surface area contributed by atoms with Crippen LogP contribution in [0.25, 0.3) is 0 Å². The lowest BCUT2D eigenvalue weighted by Crippen LogP contribution is -2.53. The molecule has 0 bridgehead atoms. The van der Waals surface area contributed by atoms with E-state index in [1.54, 1.807) is 29.2 Å². The molecule has 3 atom stereocenters. The van der Waals surface area contributed by atoms with Crippen LogP contribution < -0.4 is 10.5 Å². The molecule has 2 aliphatic heterocycles. The Morgan fingerprint density at radius 2 is 1.81 bits per heavy atom. The highest BCUT2D eigenvalue weighted by Crippen LogP contribution is 2.40. The van der Waals surface area contributed by atoms with Gasteiger partial charge in [-0.3, -0.25) is 9.59 Å². The average molecular weight is 460 g/mol. The standard InChI is InChI=1S/C22H25N3O6S/c1-31-15-6-8-16(9-7-15)32(29,30)25-19(22(27)28)12-14-10-11-24(13-20(14)25)21(26)17-4-2-3-5-18(17)23/h2-9,14,19-20H,10-13,23H2,1H3,(H,27,28)/t14-,19-,20-/m0/s1. The van der Waals surface area contributed by atoms with E-state index in [-0.39, 0.29) is 29.7 Å². The first-order chi connectivity index (χ1) is 15.2. The minimum atomic E-state index is -4.12. The van der Waals surface area contributed by atoms with E-state index in [9.17, 15) is 23.1 Å². The zero-order valence-electron chi connectivity index (χ0n) is 17.5. The van der Waals surface area contributed by atoms with Crippen molar-refractivity contribution in [3.8, 4) is 5.75 Å². The SMILES string of the molecule is COc1ccc(S(=O)(=O)N2[C@H](C(=O)O)C[C@@H]3CCN(C(=O)c4ccccc4N)C[C@@H]32)cc1. The van der Waals surface area contributed by atoms with Crippen molar-refractivity contribution < 1.29 is 27.9 Å². The molecule has 0 unspecified atom stereocenters. The van der Waals surface area contributed by atoms with Crippen LogP contribution in [-0.4, -0.2) is 66.9 Å². The zero-order chi connectivity index (χ0) is 23.0. The number of methoxy groups -OCH3 is 1. The molecule has 0 aromatic heterocycles. The van der Waals surface area contributed by atoms with Gasteiger partial charge in [-0.25, -0.2) is 8.42 Å². The van der Waals surface area contributed by atoms with E-state index in [4.69, 9.17) is 10.5 Å². The Morgan fingerprint density at radius 1 is 1.12 bits per heavy atom. The number of hydrogen-bond acceptors (Lipinski definition) is 6. The number of carboxylic acids is 1. The number of ether oxygens (including phenoxy) is 1. The second-order valence-corrected chi connectivity index (χ2v) is 9.90. The largest absolute Gasteiger partial charge is 0.497 e. The number of rotatable bonds is 5. The smallest absolute Gasteiger partial charge is 0.322 e. The van der Waals surface area contributed by atoms with Gasteiger partial charge in [-0.05, 0) is 55.2 Å². The summed E-state index contributed by atoms with van der Waals surface area (Å²) >= 11 is 0. The number of amides is 1. The number of piperidine rings is 1. The lowest BCUT2D eigenvalue weighted by atomic mass is 9.91. The zero-order valence-corrected chi connectivity index (χ0v) is 18.4. The van der Waals surface area contributed by atoms with E-state index in [0.717, 1.165) is 4.31 Å². The first-order valence-corrected chi connectivity index (χ1v) is 11.7. The fraction of sp³-hybridized carbons (Fsp3) is 0.364. The Kier molecular flexibility index (Phi) is 5.83. The number of nitrogens with zero attached hydrogens (tertiary/aromatic N) is 2. The molecule has 2 aromatic carbocycles. The molecular weight excluding hydrogens is 434 g/mol. The maximum atomic E-state index is 13.5. The van der Waals surface area contributed by atoms with Crippen molar-refractivity contribution in [2.24, 2.45) is 5.92 Å². The predicted octanol–water partition coefficient (Wildman–Crippen LogP) is 1.66. The molecule has 2 saturated heterocycles. The Morgan fingerprint density at radius 3 is 2.44 bits per heavy atom. The molecule has 2 fully saturated rings. The number of nitrogen functional groups attached to an aromatic ring is 1. The molecule has 0 radical (unpaired) electrons. The Hall–Kier alpha value is -3.11. The highest BCUT2D eigenvalue weighted by Gasteiger charge is 2.53. The number of hydrogen-bond donors (Lipinski definition) is 2. The van der Waals surface area contributed by atoms with E-state index < -0.39 is 28.1 Å². The lowest BCUT2D eigenvalue weighted by molar-refractivity contribution is -0.141. The molecule has 4 rings (SSSR count).